The topological polar surface area (TPSA) is 70.7 Å². The van der Waals surface area contributed by atoms with Crippen LogP contribution >= 0.6 is 0 Å². The van der Waals surface area contributed by atoms with Crippen LogP contribution in [0.15, 0.2) is 36.5 Å². The standard InChI is InChI=1S/C13H12N4O/c1-10-5-6-17(16-10)9-13(18)15-12-4-2-3-11(7-12)8-14/h2-7H,9H2,1H3,(H,15,18). The molecule has 1 aromatic carbocycles. The number of aromatic nitrogens is 2. The quantitative estimate of drug-likeness (QED) is 0.887. The summed E-state index contributed by atoms with van der Waals surface area (Å²) in [7, 11) is 0. The zero-order valence-electron chi connectivity index (χ0n) is 9.92. The fraction of sp³-hybridized carbons (Fsp3) is 0.154. The van der Waals surface area contributed by atoms with Gasteiger partial charge in [0.1, 0.15) is 6.54 Å². The molecule has 1 amide bonds. The highest BCUT2D eigenvalue weighted by molar-refractivity contribution is 5.90. The van der Waals surface area contributed by atoms with E-state index < -0.39 is 0 Å². The van der Waals surface area contributed by atoms with E-state index in [1.165, 1.54) is 0 Å². The Labute approximate surface area is 105 Å². The van der Waals surface area contributed by atoms with E-state index in [2.05, 4.69) is 10.4 Å². The minimum atomic E-state index is -0.173. The summed E-state index contributed by atoms with van der Waals surface area (Å²) >= 11 is 0. The van der Waals surface area contributed by atoms with E-state index in [4.69, 9.17) is 5.26 Å². The van der Waals surface area contributed by atoms with Gasteiger partial charge in [0.25, 0.3) is 0 Å². The molecule has 5 nitrogen and oxygen atoms in total. The monoisotopic (exact) mass is 240 g/mol. The second-order valence-electron chi connectivity index (χ2n) is 3.90. The van der Waals surface area contributed by atoms with Gasteiger partial charge < -0.3 is 5.32 Å². The van der Waals surface area contributed by atoms with Crippen molar-refractivity contribution in [1.29, 1.82) is 5.26 Å². The minimum absolute atomic E-state index is 0.157. The molecule has 0 bridgehead atoms. The molecule has 0 spiro atoms. The van der Waals surface area contributed by atoms with Gasteiger partial charge in [0.2, 0.25) is 5.91 Å². The summed E-state index contributed by atoms with van der Waals surface area (Å²) in [6.07, 6.45) is 1.75. The molecule has 0 radical (unpaired) electrons. The van der Waals surface area contributed by atoms with E-state index in [1.807, 2.05) is 19.1 Å². The number of amides is 1. The Morgan fingerprint density at radius 3 is 3.00 bits per heavy atom. The van der Waals surface area contributed by atoms with Crippen LogP contribution in [-0.2, 0) is 11.3 Å². The molecule has 18 heavy (non-hydrogen) atoms. The van der Waals surface area contributed by atoms with Crippen molar-refractivity contribution in [3.63, 3.8) is 0 Å². The van der Waals surface area contributed by atoms with Crippen LogP contribution < -0.4 is 5.32 Å². The molecule has 1 heterocycles. The molecule has 0 saturated carbocycles. The summed E-state index contributed by atoms with van der Waals surface area (Å²) in [4.78, 5) is 11.7. The van der Waals surface area contributed by atoms with Crippen LogP contribution in [0, 0.1) is 18.3 Å². The molecule has 0 atom stereocenters. The van der Waals surface area contributed by atoms with Crippen LogP contribution in [0.4, 0.5) is 5.69 Å². The van der Waals surface area contributed by atoms with Crippen LogP contribution in [0.1, 0.15) is 11.3 Å². The van der Waals surface area contributed by atoms with Gasteiger partial charge in [-0.15, -0.1) is 0 Å². The fourth-order valence-corrected chi connectivity index (χ4v) is 1.57. The van der Waals surface area contributed by atoms with Crippen LogP contribution in [0.3, 0.4) is 0 Å². The molecule has 0 aliphatic carbocycles. The lowest BCUT2D eigenvalue weighted by atomic mass is 10.2. The van der Waals surface area contributed by atoms with Crippen LogP contribution in [0.2, 0.25) is 0 Å². The summed E-state index contributed by atoms with van der Waals surface area (Å²) in [6.45, 7) is 2.02. The molecular weight excluding hydrogens is 228 g/mol. The van der Waals surface area contributed by atoms with Crippen molar-refractivity contribution in [2.75, 3.05) is 5.32 Å². The lowest BCUT2D eigenvalue weighted by Crippen LogP contribution is -2.19. The first-order valence-corrected chi connectivity index (χ1v) is 5.47. The lowest BCUT2D eigenvalue weighted by molar-refractivity contribution is -0.116. The Kier molecular flexibility index (Phi) is 3.39. The van der Waals surface area contributed by atoms with Gasteiger partial charge in [-0.25, -0.2) is 0 Å². The number of nitrogens with one attached hydrogen (secondary N) is 1. The Bertz CT molecular complexity index is 609. The number of nitrogens with zero attached hydrogens (tertiary/aromatic N) is 3. The maximum absolute atomic E-state index is 11.7. The number of benzene rings is 1. The van der Waals surface area contributed by atoms with Crippen molar-refractivity contribution in [1.82, 2.24) is 9.78 Å². The summed E-state index contributed by atoms with van der Waals surface area (Å²) in [5, 5.41) is 15.6. The number of hydrogen-bond acceptors (Lipinski definition) is 3. The third-order valence-electron chi connectivity index (χ3n) is 2.36. The molecular formula is C13H12N4O. The van der Waals surface area contributed by atoms with E-state index in [9.17, 15) is 4.79 Å². The molecule has 90 valence electrons. The van der Waals surface area contributed by atoms with Crippen molar-refractivity contribution in [3.05, 3.63) is 47.8 Å². The zero-order chi connectivity index (χ0) is 13.0. The van der Waals surface area contributed by atoms with Crippen LogP contribution in [0.5, 0.6) is 0 Å². The molecule has 0 aliphatic rings. The average molecular weight is 240 g/mol. The molecule has 1 aromatic heterocycles. The normalized spacial score (nSPS) is 9.78. The third kappa shape index (κ3) is 2.95. The second kappa shape index (κ2) is 5.15. The minimum Gasteiger partial charge on any atom is -0.324 e. The number of rotatable bonds is 3. The van der Waals surface area contributed by atoms with Crippen LogP contribution in [-0.4, -0.2) is 15.7 Å². The van der Waals surface area contributed by atoms with Crippen molar-refractivity contribution in [3.8, 4) is 6.07 Å². The van der Waals surface area contributed by atoms with E-state index in [0.717, 1.165) is 5.69 Å². The predicted molar refractivity (Wildman–Crippen MR) is 66.8 cm³/mol. The lowest BCUT2D eigenvalue weighted by Gasteiger charge is -2.05. The highest BCUT2D eigenvalue weighted by Crippen LogP contribution is 2.09. The summed E-state index contributed by atoms with van der Waals surface area (Å²) in [6, 6.07) is 10.7. The van der Waals surface area contributed by atoms with Gasteiger partial charge in [0.05, 0.1) is 17.3 Å². The number of carbonyl (C=O) groups is 1. The first kappa shape index (κ1) is 11.9. The number of anilines is 1. The summed E-state index contributed by atoms with van der Waals surface area (Å²) < 4.78 is 1.57. The van der Waals surface area contributed by atoms with E-state index in [1.54, 1.807) is 35.1 Å². The van der Waals surface area contributed by atoms with Gasteiger partial charge in [0.15, 0.2) is 0 Å². The summed E-state index contributed by atoms with van der Waals surface area (Å²) in [5.41, 5.74) is 2.00. The van der Waals surface area contributed by atoms with E-state index in [-0.39, 0.29) is 12.5 Å². The molecule has 2 aromatic rings. The van der Waals surface area contributed by atoms with Crippen molar-refractivity contribution in [2.45, 2.75) is 13.5 Å². The van der Waals surface area contributed by atoms with E-state index in [0.29, 0.717) is 11.3 Å². The van der Waals surface area contributed by atoms with Gasteiger partial charge in [-0.3, -0.25) is 9.48 Å². The number of nitriles is 1. The predicted octanol–water partition coefficient (Wildman–Crippen LogP) is 1.70. The fourth-order valence-electron chi connectivity index (χ4n) is 1.57. The number of aryl methyl sites for hydroxylation is 1. The second-order valence-corrected chi connectivity index (χ2v) is 3.90. The Morgan fingerprint density at radius 1 is 1.50 bits per heavy atom. The molecule has 0 fully saturated rings. The van der Waals surface area contributed by atoms with Gasteiger partial charge in [-0.05, 0) is 31.2 Å². The summed E-state index contributed by atoms with van der Waals surface area (Å²) in [5.74, 6) is -0.173. The Morgan fingerprint density at radius 2 is 2.33 bits per heavy atom. The zero-order valence-corrected chi connectivity index (χ0v) is 9.92. The SMILES string of the molecule is Cc1ccn(CC(=O)Nc2cccc(C#N)c2)n1. The molecule has 2 rings (SSSR count). The molecule has 5 heteroatoms. The first-order chi connectivity index (χ1) is 8.67. The van der Waals surface area contributed by atoms with Gasteiger partial charge in [-0.2, -0.15) is 10.4 Å². The van der Waals surface area contributed by atoms with E-state index >= 15 is 0 Å². The molecule has 0 saturated heterocycles. The average Bonchev–Trinajstić information content (AvgIpc) is 2.74. The van der Waals surface area contributed by atoms with Gasteiger partial charge in [0, 0.05) is 11.9 Å². The number of carbonyl (C=O) groups excluding carboxylic acids is 1. The smallest absolute Gasteiger partial charge is 0.246 e. The van der Waals surface area contributed by atoms with Gasteiger partial charge >= 0.3 is 0 Å². The van der Waals surface area contributed by atoms with Crippen LogP contribution in [0.25, 0.3) is 0 Å². The maximum atomic E-state index is 11.7. The highest BCUT2D eigenvalue weighted by Gasteiger charge is 2.04. The first-order valence-electron chi connectivity index (χ1n) is 5.47. The maximum Gasteiger partial charge on any atom is 0.246 e. The van der Waals surface area contributed by atoms with Crippen molar-refractivity contribution >= 4 is 11.6 Å². The molecule has 1 N–H and O–H groups in total. The molecule has 0 aliphatic heterocycles. The van der Waals surface area contributed by atoms with Crippen molar-refractivity contribution in [2.24, 2.45) is 0 Å². The van der Waals surface area contributed by atoms with Gasteiger partial charge in [-0.1, -0.05) is 6.07 Å². The number of hydrogen-bond donors (Lipinski definition) is 1. The largest absolute Gasteiger partial charge is 0.324 e. The Balaban J connectivity index is 2.01. The molecule has 0 unspecified atom stereocenters. The third-order valence-corrected chi connectivity index (χ3v) is 2.36. The highest BCUT2D eigenvalue weighted by atomic mass is 16.2. The Hall–Kier alpha value is -2.61. The van der Waals surface area contributed by atoms with Crippen molar-refractivity contribution < 1.29 is 4.79 Å².